The van der Waals surface area contributed by atoms with Crippen LogP contribution >= 0.6 is 0 Å². The van der Waals surface area contributed by atoms with Crippen molar-refractivity contribution < 1.29 is 13.2 Å². The van der Waals surface area contributed by atoms with Gasteiger partial charge in [0, 0.05) is 32.9 Å². The molecule has 1 aromatic heterocycles. The Labute approximate surface area is 137 Å². The highest BCUT2D eigenvalue weighted by molar-refractivity contribution is 7.86. The predicted octanol–water partition coefficient (Wildman–Crippen LogP) is 0.622. The van der Waals surface area contributed by atoms with Crippen molar-refractivity contribution in [1.82, 2.24) is 18.6 Å². The van der Waals surface area contributed by atoms with Crippen LogP contribution in [-0.4, -0.2) is 66.9 Å². The second-order valence-electron chi connectivity index (χ2n) is 5.70. The third-order valence-electron chi connectivity index (χ3n) is 4.29. The Bertz CT molecular complexity index is 633. The van der Waals surface area contributed by atoms with Crippen LogP contribution in [0.15, 0.2) is 12.3 Å². The summed E-state index contributed by atoms with van der Waals surface area (Å²) < 4.78 is 34.4. The van der Waals surface area contributed by atoms with Crippen LogP contribution in [0.25, 0.3) is 0 Å². The van der Waals surface area contributed by atoms with Crippen LogP contribution in [0.2, 0.25) is 0 Å². The van der Waals surface area contributed by atoms with Gasteiger partial charge in [-0.3, -0.25) is 0 Å². The molecule has 2 aliphatic heterocycles. The number of rotatable bonds is 4. The third-order valence-corrected chi connectivity index (χ3v) is 6.34. The Morgan fingerprint density at radius 1 is 1.26 bits per heavy atom. The molecule has 1 aromatic rings. The Balaban J connectivity index is 1.88. The Kier molecular flexibility index (Phi) is 5.10. The van der Waals surface area contributed by atoms with Gasteiger partial charge in [0.15, 0.2) is 0 Å². The Morgan fingerprint density at radius 2 is 2.04 bits per heavy atom. The first-order valence-corrected chi connectivity index (χ1v) is 9.38. The summed E-state index contributed by atoms with van der Waals surface area (Å²) in [5.41, 5.74) is 0.751. The van der Waals surface area contributed by atoms with Crippen molar-refractivity contribution >= 4 is 16.2 Å². The Hall–Kier alpha value is -1.29. The smallest absolute Gasteiger partial charge is 0.282 e. The van der Waals surface area contributed by atoms with Gasteiger partial charge in [-0.1, -0.05) is 6.42 Å². The lowest BCUT2D eigenvalue weighted by Gasteiger charge is -2.38. The zero-order valence-electron chi connectivity index (χ0n) is 13.3. The standard InChI is InChI=1S/C14H23N5O3S/c1-15-14-16-6-5-12(17-14)13-4-2-3-7-19(13)23(20,21)18-8-10-22-11-9-18/h5-6,13H,2-4,7-11H2,1H3,(H,15,16,17)/t13-/m1/s1. The molecule has 0 aromatic carbocycles. The van der Waals surface area contributed by atoms with E-state index >= 15 is 0 Å². The molecule has 0 radical (unpaired) electrons. The molecule has 23 heavy (non-hydrogen) atoms. The van der Waals surface area contributed by atoms with E-state index in [1.807, 2.05) is 0 Å². The summed E-state index contributed by atoms with van der Waals surface area (Å²) in [6.45, 7) is 2.27. The molecule has 3 rings (SSSR count). The molecule has 0 bridgehead atoms. The van der Waals surface area contributed by atoms with E-state index in [1.165, 1.54) is 4.31 Å². The van der Waals surface area contributed by atoms with Gasteiger partial charge in [0.2, 0.25) is 5.95 Å². The van der Waals surface area contributed by atoms with Crippen molar-refractivity contribution in [2.45, 2.75) is 25.3 Å². The van der Waals surface area contributed by atoms with Gasteiger partial charge in [-0.2, -0.15) is 17.0 Å². The predicted molar refractivity (Wildman–Crippen MR) is 86.2 cm³/mol. The van der Waals surface area contributed by atoms with E-state index < -0.39 is 10.2 Å². The molecule has 128 valence electrons. The summed E-state index contributed by atoms with van der Waals surface area (Å²) in [5.74, 6) is 0.511. The van der Waals surface area contributed by atoms with Gasteiger partial charge in [-0.25, -0.2) is 9.97 Å². The number of ether oxygens (including phenoxy) is 1. The first kappa shape index (κ1) is 16.6. The normalized spacial score (nSPS) is 24.5. The van der Waals surface area contributed by atoms with Crippen LogP contribution in [0.4, 0.5) is 5.95 Å². The van der Waals surface area contributed by atoms with Crippen LogP contribution in [0.1, 0.15) is 31.0 Å². The van der Waals surface area contributed by atoms with E-state index in [1.54, 1.807) is 23.6 Å². The molecule has 0 unspecified atom stereocenters. The van der Waals surface area contributed by atoms with Gasteiger partial charge in [0.1, 0.15) is 0 Å². The minimum atomic E-state index is -3.50. The first-order valence-electron chi connectivity index (χ1n) is 7.98. The van der Waals surface area contributed by atoms with Crippen molar-refractivity contribution in [1.29, 1.82) is 0 Å². The molecule has 3 heterocycles. The number of hydrogen-bond donors (Lipinski definition) is 1. The zero-order chi connectivity index (χ0) is 16.3. The summed E-state index contributed by atoms with van der Waals surface area (Å²) in [7, 11) is -1.74. The van der Waals surface area contributed by atoms with Crippen LogP contribution < -0.4 is 5.32 Å². The topological polar surface area (TPSA) is 87.7 Å². The second kappa shape index (κ2) is 7.08. The monoisotopic (exact) mass is 341 g/mol. The number of nitrogens with one attached hydrogen (secondary N) is 1. The molecule has 2 fully saturated rings. The number of hydrogen-bond acceptors (Lipinski definition) is 6. The third kappa shape index (κ3) is 3.47. The highest BCUT2D eigenvalue weighted by Crippen LogP contribution is 2.33. The SMILES string of the molecule is CNc1nccc([C@H]2CCCCN2S(=O)(=O)N2CCOCC2)n1. The van der Waals surface area contributed by atoms with Crippen molar-refractivity contribution in [3.63, 3.8) is 0 Å². The van der Waals surface area contributed by atoms with E-state index in [0.29, 0.717) is 38.8 Å². The zero-order valence-corrected chi connectivity index (χ0v) is 14.1. The van der Waals surface area contributed by atoms with Gasteiger partial charge >= 0.3 is 0 Å². The molecule has 0 aliphatic carbocycles. The van der Waals surface area contributed by atoms with Crippen molar-refractivity contribution in [3.05, 3.63) is 18.0 Å². The molecule has 8 nitrogen and oxygen atoms in total. The van der Waals surface area contributed by atoms with Crippen molar-refractivity contribution in [2.24, 2.45) is 0 Å². The van der Waals surface area contributed by atoms with Gasteiger partial charge in [-0.05, 0) is 18.9 Å². The number of aromatic nitrogens is 2. The highest BCUT2D eigenvalue weighted by atomic mass is 32.2. The molecule has 0 saturated carbocycles. The highest BCUT2D eigenvalue weighted by Gasteiger charge is 2.38. The van der Waals surface area contributed by atoms with Crippen molar-refractivity contribution in [2.75, 3.05) is 45.2 Å². The van der Waals surface area contributed by atoms with Crippen LogP contribution in [0.3, 0.4) is 0 Å². The molecule has 9 heteroatoms. The fraction of sp³-hybridized carbons (Fsp3) is 0.714. The van der Waals surface area contributed by atoms with E-state index in [4.69, 9.17) is 4.74 Å². The summed E-state index contributed by atoms with van der Waals surface area (Å²) in [4.78, 5) is 8.56. The number of nitrogens with zero attached hydrogens (tertiary/aromatic N) is 4. The lowest BCUT2D eigenvalue weighted by molar-refractivity contribution is 0.0681. The van der Waals surface area contributed by atoms with Crippen LogP contribution in [0, 0.1) is 0 Å². The molecule has 1 N–H and O–H groups in total. The largest absolute Gasteiger partial charge is 0.379 e. The lowest BCUT2D eigenvalue weighted by Crippen LogP contribution is -2.51. The van der Waals surface area contributed by atoms with E-state index in [0.717, 1.165) is 25.0 Å². The summed E-state index contributed by atoms with van der Waals surface area (Å²) in [6, 6.07) is 1.57. The average Bonchev–Trinajstić information content (AvgIpc) is 2.62. The minimum absolute atomic E-state index is 0.230. The summed E-state index contributed by atoms with van der Waals surface area (Å²) in [6.07, 6.45) is 4.33. The van der Waals surface area contributed by atoms with Gasteiger partial charge in [0.05, 0.1) is 24.9 Å². The van der Waals surface area contributed by atoms with Gasteiger partial charge < -0.3 is 10.1 Å². The molecule has 2 saturated heterocycles. The molecular formula is C14H23N5O3S. The maximum Gasteiger partial charge on any atom is 0.282 e. The molecular weight excluding hydrogens is 318 g/mol. The molecule has 1 atom stereocenters. The van der Waals surface area contributed by atoms with E-state index in [2.05, 4.69) is 15.3 Å². The van der Waals surface area contributed by atoms with Gasteiger partial charge in [0.25, 0.3) is 10.2 Å². The molecule has 2 aliphatic rings. The number of morpholine rings is 1. The first-order chi connectivity index (χ1) is 11.1. The Morgan fingerprint density at radius 3 is 2.78 bits per heavy atom. The minimum Gasteiger partial charge on any atom is -0.379 e. The maximum atomic E-state index is 13.0. The average molecular weight is 341 g/mol. The quantitative estimate of drug-likeness (QED) is 0.864. The fourth-order valence-electron chi connectivity index (χ4n) is 3.08. The molecule has 0 amide bonds. The van der Waals surface area contributed by atoms with E-state index in [-0.39, 0.29) is 6.04 Å². The lowest BCUT2D eigenvalue weighted by atomic mass is 10.0. The van der Waals surface area contributed by atoms with Crippen LogP contribution in [-0.2, 0) is 14.9 Å². The second-order valence-corrected chi connectivity index (χ2v) is 7.58. The number of anilines is 1. The van der Waals surface area contributed by atoms with E-state index in [9.17, 15) is 8.42 Å². The maximum absolute atomic E-state index is 13.0. The van der Waals surface area contributed by atoms with Crippen LogP contribution in [0.5, 0.6) is 0 Å². The summed E-state index contributed by atoms with van der Waals surface area (Å²) in [5, 5.41) is 2.91. The summed E-state index contributed by atoms with van der Waals surface area (Å²) >= 11 is 0. The van der Waals surface area contributed by atoms with Crippen molar-refractivity contribution in [3.8, 4) is 0 Å². The fourth-order valence-corrected chi connectivity index (χ4v) is 4.88. The molecule has 0 spiro atoms. The van der Waals surface area contributed by atoms with Gasteiger partial charge in [-0.15, -0.1) is 0 Å². The number of piperidine rings is 1.